The number of nitrogens with one attached hydrogen (secondary N) is 1. The number of hydrogen-bond donors (Lipinski definition) is 1. The molecule has 4 unspecified atom stereocenters. The van der Waals surface area contributed by atoms with Crippen molar-refractivity contribution in [3.63, 3.8) is 0 Å². The summed E-state index contributed by atoms with van der Waals surface area (Å²) in [6.07, 6.45) is 9.63. The summed E-state index contributed by atoms with van der Waals surface area (Å²) in [6, 6.07) is 9.36. The largest absolute Gasteiger partial charge is 0.494 e. The first-order valence-corrected chi connectivity index (χ1v) is 13.1. The summed E-state index contributed by atoms with van der Waals surface area (Å²) in [4.78, 5) is 12.8. The highest BCUT2D eigenvalue weighted by atomic mass is 32.2. The van der Waals surface area contributed by atoms with Gasteiger partial charge in [-0.2, -0.15) is 0 Å². The summed E-state index contributed by atoms with van der Waals surface area (Å²) in [6.45, 7) is 3.49. The number of nitrogens with zero attached hydrogens (tertiary/aromatic N) is 1. The van der Waals surface area contributed by atoms with Crippen molar-refractivity contribution in [3.05, 3.63) is 29.8 Å². The lowest BCUT2D eigenvalue weighted by atomic mass is 9.82. The van der Waals surface area contributed by atoms with Crippen LogP contribution in [0.15, 0.2) is 24.3 Å². The molecule has 1 saturated heterocycles. The molecule has 1 aromatic rings. The molecule has 6 nitrogen and oxygen atoms in total. The topological polar surface area (TPSA) is 67.9 Å². The number of unbranched alkanes of at least 4 members (excludes halogenated alkanes) is 1. The third kappa shape index (κ3) is 7.11. The van der Waals surface area contributed by atoms with E-state index in [0.29, 0.717) is 37.7 Å². The minimum absolute atomic E-state index is 0.219. The Hall–Kier alpha value is -1.28. The van der Waals surface area contributed by atoms with Gasteiger partial charge < -0.3 is 14.3 Å². The predicted molar refractivity (Wildman–Crippen MR) is 125 cm³/mol. The second kappa shape index (κ2) is 12.1. The van der Waals surface area contributed by atoms with Crippen LogP contribution < -0.4 is 9.46 Å². The molecule has 0 bridgehead atoms. The number of likely N-dealkylation sites (tertiary alicyclic amines) is 1. The van der Waals surface area contributed by atoms with Crippen LogP contribution in [-0.4, -0.2) is 66.1 Å². The molecule has 2 aliphatic rings. The smallest absolute Gasteiger partial charge is 0.120 e. The zero-order valence-corrected chi connectivity index (χ0v) is 19.9. The van der Waals surface area contributed by atoms with Crippen LogP contribution in [0.25, 0.3) is 0 Å². The fraction of sp³-hybridized carbons (Fsp3) is 0.708. The van der Waals surface area contributed by atoms with E-state index < -0.39 is 11.0 Å². The lowest BCUT2D eigenvalue weighted by molar-refractivity contribution is -0.108. The minimum atomic E-state index is -1.00. The van der Waals surface area contributed by atoms with Crippen LogP contribution in [0.1, 0.15) is 63.4 Å². The van der Waals surface area contributed by atoms with Crippen molar-refractivity contribution in [3.8, 4) is 5.75 Å². The fourth-order valence-corrected chi connectivity index (χ4v) is 5.57. The van der Waals surface area contributed by atoms with Crippen molar-refractivity contribution in [2.75, 3.05) is 26.5 Å². The maximum atomic E-state index is 11.7. The maximum absolute atomic E-state index is 11.7. The monoisotopic (exact) mass is 450 g/mol. The van der Waals surface area contributed by atoms with Gasteiger partial charge in [-0.15, -0.1) is 0 Å². The van der Waals surface area contributed by atoms with Gasteiger partial charge in [-0.3, -0.25) is 4.90 Å². The SMILES string of the molecule is CC1CC(NS(C)=O)C(COC2CCC(c3cccc(OCCCC=O)c3)CC2)N1C. The van der Waals surface area contributed by atoms with Gasteiger partial charge in [0.2, 0.25) is 0 Å². The highest BCUT2D eigenvalue weighted by molar-refractivity contribution is 7.82. The van der Waals surface area contributed by atoms with Crippen LogP contribution in [0.3, 0.4) is 0 Å². The molecule has 1 aliphatic carbocycles. The Kier molecular flexibility index (Phi) is 9.50. The van der Waals surface area contributed by atoms with Crippen LogP contribution in [0.2, 0.25) is 0 Å². The van der Waals surface area contributed by atoms with Crippen molar-refractivity contribution in [1.82, 2.24) is 9.62 Å². The molecule has 1 saturated carbocycles. The van der Waals surface area contributed by atoms with Crippen molar-refractivity contribution >= 4 is 17.3 Å². The lowest BCUT2D eigenvalue weighted by Gasteiger charge is -2.32. The summed E-state index contributed by atoms with van der Waals surface area (Å²) < 4.78 is 27.0. The molecule has 1 aliphatic heterocycles. The van der Waals surface area contributed by atoms with Gasteiger partial charge in [-0.1, -0.05) is 12.1 Å². The van der Waals surface area contributed by atoms with E-state index in [1.807, 2.05) is 6.07 Å². The van der Waals surface area contributed by atoms with Gasteiger partial charge in [0.25, 0.3) is 0 Å². The molecule has 1 N–H and O–H groups in total. The van der Waals surface area contributed by atoms with E-state index in [0.717, 1.165) is 50.6 Å². The summed E-state index contributed by atoms with van der Waals surface area (Å²) in [7, 11) is 1.14. The Morgan fingerprint density at radius 3 is 2.74 bits per heavy atom. The quantitative estimate of drug-likeness (QED) is 0.413. The number of benzene rings is 1. The average Bonchev–Trinajstić information content (AvgIpc) is 3.02. The van der Waals surface area contributed by atoms with Gasteiger partial charge in [0.1, 0.15) is 12.0 Å². The van der Waals surface area contributed by atoms with Gasteiger partial charge in [0.15, 0.2) is 0 Å². The number of rotatable bonds is 11. The molecule has 174 valence electrons. The predicted octanol–water partition coefficient (Wildman–Crippen LogP) is 3.43. The van der Waals surface area contributed by atoms with Crippen molar-refractivity contribution in [2.45, 2.75) is 82.0 Å². The van der Waals surface area contributed by atoms with E-state index in [-0.39, 0.29) is 12.1 Å². The van der Waals surface area contributed by atoms with E-state index >= 15 is 0 Å². The van der Waals surface area contributed by atoms with Gasteiger partial charge in [0, 0.05) is 30.8 Å². The fourth-order valence-electron chi connectivity index (χ4n) is 4.89. The highest BCUT2D eigenvalue weighted by Crippen LogP contribution is 2.35. The molecule has 0 amide bonds. The van der Waals surface area contributed by atoms with Gasteiger partial charge in [-0.25, -0.2) is 8.93 Å². The first-order chi connectivity index (χ1) is 15.0. The Bertz CT molecular complexity index is 723. The van der Waals surface area contributed by atoms with E-state index in [1.165, 1.54) is 5.56 Å². The van der Waals surface area contributed by atoms with Crippen LogP contribution in [-0.2, 0) is 20.5 Å². The van der Waals surface area contributed by atoms with E-state index in [2.05, 4.69) is 41.8 Å². The van der Waals surface area contributed by atoms with Crippen LogP contribution in [0.5, 0.6) is 5.75 Å². The summed E-state index contributed by atoms with van der Waals surface area (Å²) in [5.74, 6) is 1.44. The Morgan fingerprint density at radius 2 is 2.03 bits per heavy atom. The molecule has 7 heteroatoms. The first kappa shape index (κ1) is 24.4. The van der Waals surface area contributed by atoms with Crippen molar-refractivity contribution in [1.29, 1.82) is 0 Å². The zero-order valence-electron chi connectivity index (χ0n) is 19.1. The molecule has 0 aromatic heterocycles. The zero-order chi connectivity index (χ0) is 22.2. The Labute approximate surface area is 189 Å². The van der Waals surface area contributed by atoms with E-state index in [1.54, 1.807) is 6.26 Å². The number of carbonyl (C=O) groups is 1. The molecular weight excluding hydrogens is 412 g/mol. The number of ether oxygens (including phenoxy) is 2. The van der Waals surface area contributed by atoms with Gasteiger partial charge in [-0.05, 0) is 76.1 Å². The molecule has 0 radical (unpaired) electrons. The standard InChI is InChI=1S/C24H38N2O4S/c1-18-15-23(25-31(3)28)24(26(18)2)17-30-21-11-9-19(10-12-21)20-7-6-8-22(16-20)29-14-5-4-13-27/h6-8,13,16,18-19,21,23-25H,4-5,9-12,14-15,17H2,1-3H3. The third-order valence-electron chi connectivity index (χ3n) is 6.84. The Balaban J connectivity index is 1.45. The summed E-state index contributed by atoms with van der Waals surface area (Å²) in [5, 5.41) is 0. The molecule has 4 atom stereocenters. The molecule has 1 heterocycles. The average molecular weight is 451 g/mol. The van der Waals surface area contributed by atoms with Crippen LogP contribution in [0, 0.1) is 0 Å². The van der Waals surface area contributed by atoms with Crippen LogP contribution in [0.4, 0.5) is 0 Å². The number of carbonyl (C=O) groups excluding carboxylic acids is 1. The molecular formula is C24H38N2O4S. The number of aldehydes is 1. The lowest BCUT2D eigenvalue weighted by Crippen LogP contribution is -2.45. The van der Waals surface area contributed by atoms with Crippen LogP contribution >= 0.6 is 0 Å². The highest BCUT2D eigenvalue weighted by Gasteiger charge is 2.38. The second-order valence-electron chi connectivity index (χ2n) is 9.03. The summed E-state index contributed by atoms with van der Waals surface area (Å²) in [5.41, 5.74) is 1.34. The molecule has 31 heavy (non-hydrogen) atoms. The maximum Gasteiger partial charge on any atom is 0.120 e. The van der Waals surface area contributed by atoms with Gasteiger partial charge >= 0.3 is 0 Å². The van der Waals surface area contributed by atoms with Gasteiger partial charge in [0.05, 0.1) is 30.3 Å². The van der Waals surface area contributed by atoms with Crippen molar-refractivity contribution in [2.24, 2.45) is 0 Å². The number of hydrogen-bond acceptors (Lipinski definition) is 5. The normalized spacial score (nSPS) is 30.2. The second-order valence-corrected chi connectivity index (χ2v) is 10.2. The van der Waals surface area contributed by atoms with E-state index in [9.17, 15) is 9.00 Å². The third-order valence-corrected chi connectivity index (χ3v) is 7.47. The minimum Gasteiger partial charge on any atom is -0.494 e. The van der Waals surface area contributed by atoms with Crippen molar-refractivity contribution < 1.29 is 18.5 Å². The Morgan fingerprint density at radius 1 is 1.26 bits per heavy atom. The molecule has 1 aromatic carbocycles. The molecule has 2 fully saturated rings. The summed E-state index contributed by atoms with van der Waals surface area (Å²) >= 11 is 0. The first-order valence-electron chi connectivity index (χ1n) is 11.6. The van der Waals surface area contributed by atoms with E-state index in [4.69, 9.17) is 9.47 Å². The molecule has 3 rings (SSSR count). The molecule has 0 spiro atoms. The number of likely N-dealkylation sites (N-methyl/N-ethyl adjacent to an activating group) is 1.